The standard InChI is InChI=1S/C13H22N4O3/c1-7-5-17(8(2)16-12(7)14)13-11(18)10(15-3)9(20-13)6-19-4/h5,9-11,13,15,18H,2,6H2,1,3-4H3,(H2,14,16)/t9-,10?,11+,13-/m1/s1. The molecular weight excluding hydrogens is 260 g/mol. The van der Waals surface area contributed by atoms with E-state index in [-0.39, 0.29) is 12.1 Å². The van der Waals surface area contributed by atoms with Crippen LogP contribution in [-0.4, -0.2) is 61.1 Å². The number of ether oxygens (including phenoxy) is 2. The molecule has 20 heavy (non-hydrogen) atoms. The fraction of sp³-hybridized carbons (Fsp3) is 0.615. The van der Waals surface area contributed by atoms with Crippen molar-refractivity contribution in [1.29, 1.82) is 0 Å². The van der Waals surface area contributed by atoms with Gasteiger partial charge in [-0.15, -0.1) is 0 Å². The second-order valence-corrected chi connectivity index (χ2v) is 4.96. The highest BCUT2D eigenvalue weighted by atomic mass is 16.6. The van der Waals surface area contributed by atoms with Crippen molar-refractivity contribution >= 4 is 5.84 Å². The van der Waals surface area contributed by atoms with Gasteiger partial charge in [-0.1, -0.05) is 6.58 Å². The second kappa shape index (κ2) is 5.92. The lowest BCUT2D eigenvalue weighted by atomic mass is 10.1. The van der Waals surface area contributed by atoms with Gasteiger partial charge in [0.15, 0.2) is 6.23 Å². The molecule has 0 aromatic heterocycles. The van der Waals surface area contributed by atoms with Gasteiger partial charge in [0.25, 0.3) is 0 Å². The number of nitrogens with one attached hydrogen (secondary N) is 1. The molecule has 0 bridgehead atoms. The van der Waals surface area contributed by atoms with Gasteiger partial charge >= 0.3 is 0 Å². The van der Waals surface area contributed by atoms with Crippen LogP contribution in [0.5, 0.6) is 0 Å². The van der Waals surface area contributed by atoms with Gasteiger partial charge in [0, 0.05) is 18.9 Å². The summed E-state index contributed by atoms with van der Waals surface area (Å²) in [5.74, 6) is 0.877. The number of amidine groups is 1. The van der Waals surface area contributed by atoms with E-state index in [1.54, 1.807) is 25.3 Å². The van der Waals surface area contributed by atoms with E-state index in [1.165, 1.54) is 0 Å². The maximum atomic E-state index is 10.4. The summed E-state index contributed by atoms with van der Waals surface area (Å²) in [6.07, 6.45) is 0.262. The maximum absolute atomic E-state index is 10.4. The first kappa shape index (κ1) is 15.0. The summed E-state index contributed by atoms with van der Waals surface area (Å²) in [6.45, 7) is 6.10. The van der Waals surface area contributed by atoms with E-state index in [1.807, 2.05) is 6.92 Å². The lowest BCUT2D eigenvalue weighted by Gasteiger charge is -2.32. The van der Waals surface area contributed by atoms with Crippen molar-refractivity contribution in [2.45, 2.75) is 31.4 Å². The summed E-state index contributed by atoms with van der Waals surface area (Å²) in [7, 11) is 3.38. The van der Waals surface area contributed by atoms with E-state index < -0.39 is 12.3 Å². The van der Waals surface area contributed by atoms with Crippen LogP contribution in [0, 0.1) is 0 Å². The third-order valence-corrected chi connectivity index (χ3v) is 3.60. The number of methoxy groups -OCH3 is 1. The summed E-state index contributed by atoms with van der Waals surface area (Å²) >= 11 is 0. The first-order valence-corrected chi connectivity index (χ1v) is 6.49. The molecule has 0 radical (unpaired) electrons. The lowest BCUT2D eigenvalue weighted by Crippen LogP contribution is -2.47. The Labute approximate surface area is 118 Å². The fourth-order valence-corrected chi connectivity index (χ4v) is 2.49. The molecule has 1 unspecified atom stereocenters. The Morgan fingerprint density at radius 2 is 2.35 bits per heavy atom. The summed E-state index contributed by atoms with van der Waals surface area (Å²) in [4.78, 5) is 5.87. The molecule has 7 nitrogen and oxygen atoms in total. The Balaban J connectivity index is 2.19. The van der Waals surface area contributed by atoms with Gasteiger partial charge < -0.3 is 30.5 Å². The van der Waals surface area contributed by atoms with Gasteiger partial charge in [-0.3, -0.25) is 0 Å². The number of hydrogen-bond acceptors (Lipinski definition) is 7. The molecule has 2 aliphatic rings. The summed E-state index contributed by atoms with van der Waals surface area (Å²) in [6, 6.07) is -0.218. The van der Waals surface area contributed by atoms with Crippen LogP contribution in [0.2, 0.25) is 0 Å². The van der Waals surface area contributed by atoms with Gasteiger partial charge in [-0.05, 0) is 14.0 Å². The number of nitrogens with two attached hydrogens (primary N) is 1. The van der Waals surface area contributed by atoms with Crippen molar-refractivity contribution in [3.8, 4) is 0 Å². The highest BCUT2D eigenvalue weighted by molar-refractivity contribution is 5.97. The monoisotopic (exact) mass is 282 g/mol. The smallest absolute Gasteiger partial charge is 0.163 e. The minimum absolute atomic E-state index is 0.218. The van der Waals surface area contributed by atoms with E-state index >= 15 is 0 Å². The molecule has 0 aromatic carbocycles. The van der Waals surface area contributed by atoms with E-state index in [4.69, 9.17) is 15.2 Å². The predicted molar refractivity (Wildman–Crippen MR) is 75.7 cm³/mol. The number of aliphatic hydroxyl groups is 1. The molecule has 0 aliphatic carbocycles. The van der Waals surface area contributed by atoms with Crippen LogP contribution >= 0.6 is 0 Å². The van der Waals surface area contributed by atoms with Crippen molar-refractivity contribution < 1.29 is 14.6 Å². The second-order valence-electron chi connectivity index (χ2n) is 4.96. The normalized spacial score (nSPS) is 34.2. The largest absolute Gasteiger partial charge is 0.387 e. The van der Waals surface area contributed by atoms with Crippen molar-refractivity contribution in [2.24, 2.45) is 10.7 Å². The molecule has 0 aromatic rings. The van der Waals surface area contributed by atoms with Gasteiger partial charge in [-0.25, -0.2) is 4.99 Å². The molecule has 1 saturated heterocycles. The molecule has 0 saturated carbocycles. The van der Waals surface area contributed by atoms with Crippen LogP contribution in [0.3, 0.4) is 0 Å². The average Bonchev–Trinajstić information content (AvgIpc) is 2.71. The van der Waals surface area contributed by atoms with Crippen LogP contribution in [0.15, 0.2) is 29.2 Å². The zero-order valence-electron chi connectivity index (χ0n) is 12.0. The van der Waals surface area contributed by atoms with Gasteiger partial charge in [0.2, 0.25) is 0 Å². The Kier molecular flexibility index (Phi) is 4.44. The van der Waals surface area contributed by atoms with Crippen LogP contribution in [0.4, 0.5) is 0 Å². The molecule has 112 valence electrons. The summed E-state index contributed by atoms with van der Waals surface area (Å²) in [5.41, 5.74) is 6.56. The molecule has 0 amide bonds. The van der Waals surface area contributed by atoms with Crippen LogP contribution in [0.25, 0.3) is 0 Å². The number of aliphatic imine (C=N–C) groups is 1. The highest BCUT2D eigenvalue weighted by Crippen LogP contribution is 2.29. The molecule has 2 aliphatic heterocycles. The first-order valence-electron chi connectivity index (χ1n) is 6.49. The SMILES string of the molecule is C=C1N=C(N)C(C)=CN1[C@@H]1O[C@H](COC)C(NC)[C@@H]1O. The number of hydrogen-bond donors (Lipinski definition) is 3. The van der Waals surface area contributed by atoms with Gasteiger partial charge in [-0.2, -0.15) is 0 Å². The molecule has 0 spiro atoms. The minimum atomic E-state index is -0.726. The van der Waals surface area contributed by atoms with E-state index in [0.717, 1.165) is 5.57 Å². The van der Waals surface area contributed by atoms with Gasteiger partial charge in [0.1, 0.15) is 23.9 Å². The number of likely N-dealkylation sites (N-methyl/N-ethyl adjacent to an activating group) is 1. The summed E-state index contributed by atoms with van der Waals surface area (Å²) < 4.78 is 11.0. The zero-order chi connectivity index (χ0) is 14.9. The molecule has 2 rings (SSSR count). The molecule has 2 heterocycles. The Hall–Kier alpha value is -1.41. The van der Waals surface area contributed by atoms with Crippen LogP contribution in [0.1, 0.15) is 6.92 Å². The Morgan fingerprint density at radius 1 is 1.65 bits per heavy atom. The van der Waals surface area contributed by atoms with Crippen molar-refractivity contribution in [3.05, 3.63) is 24.2 Å². The maximum Gasteiger partial charge on any atom is 0.163 e. The molecule has 1 fully saturated rings. The average molecular weight is 282 g/mol. The number of rotatable bonds is 4. The zero-order valence-corrected chi connectivity index (χ0v) is 12.0. The quantitative estimate of drug-likeness (QED) is 0.635. The number of nitrogens with zero attached hydrogens (tertiary/aromatic N) is 2. The molecular formula is C13H22N4O3. The van der Waals surface area contributed by atoms with Crippen LogP contribution in [-0.2, 0) is 9.47 Å². The molecule has 4 atom stereocenters. The highest BCUT2D eigenvalue weighted by Gasteiger charge is 2.46. The third kappa shape index (κ3) is 2.57. The van der Waals surface area contributed by atoms with Gasteiger partial charge in [0.05, 0.1) is 12.6 Å². The lowest BCUT2D eigenvalue weighted by molar-refractivity contribution is -0.0728. The topological polar surface area (TPSA) is 92.3 Å². The van der Waals surface area contributed by atoms with E-state index in [0.29, 0.717) is 18.3 Å². The van der Waals surface area contributed by atoms with Crippen molar-refractivity contribution in [3.63, 3.8) is 0 Å². The number of aliphatic hydroxyl groups excluding tert-OH is 1. The Bertz CT molecular complexity index is 449. The first-order chi connectivity index (χ1) is 9.49. The Morgan fingerprint density at radius 3 is 2.95 bits per heavy atom. The fourth-order valence-electron chi connectivity index (χ4n) is 2.49. The molecule has 4 N–H and O–H groups in total. The van der Waals surface area contributed by atoms with E-state index in [9.17, 15) is 5.11 Å². The minimum Gasteiger partial charge on any atom is -0.387 e. The van der Waals surface area contributed by atoms with Crippen LogP contribution < -0.4 is 11.1 Å². The summed E-state index contributed by atoms with van der Waals surface area (Å²) in [5, 5.41) is 13.5. The van der Waals surface area contributed by atoms with Crippen molar-refractivity contribution in [1.82, 2.24) is 10.2 Å². The van der Waals surface area contributed by atoms with E-state index in [2.05, 4.69) is 16.9 Å². The third-order valence-electron chi connectivity index (χ3n) is 3.60. The molecule has 7 heteroatoms. The predicted octanol–water partition coefficient (Wildman–Crippen LogP) is -0.646. The van der Waals surface area contributed by atoms with Crippen molar-refractivity contribution in [2.75, 3.05) is 20.8 Å².